The first kappa shape index (κ1) is 14.0. The van der Waals surface area contributed by atoms with Gasteiger partial charge in [-0.3, -0.25) is 0 Å². The summed E-state index contributed by atoms with van der Waals surface area (Å²) >= 11 is 0. The largest absolute Gasteiger partial charge is 0.422 e. The molecule has 122 valence electrons. The molecule has 1 atom stereocenters. The summed E-state index contributed by atoms with van der Waals surface area (Å²) in [5.74, 6) is 0. The Bertz CT molecular complexity index is 1190. The fourth-order valence-corrected chi connectivity index (χ4v) is 3.33. The fourth-order valence-electron chi connectivity index (χ4n) is 3.33. The summed E-state index contributed by atoms with van der Waals surface area (Å²) in [4.78, 5) is 21.2. The zero-order valence-electron chi connectivity index (χ0n) is 13.2. The molecule has 5 nitrogen and oxygen atoms in total. The Morgan fingerprint density at radius 1 is 1.08 bits per heavy atom. The number of benzene rings is 2. The molecule has 0 aliphatic carbocycles. The topological polar surface area (TPSA) is 67.6 Å². The molecular weight excluding hydrogens is 316 g/mol. The molecule has 1 N–H and O–H groups in total. The van der Waals surface area contributed by atoms with Crippen LogP contribution in [0.3, 0.4) is 0 Å². The zero-order chi connectivity index (χ0) is 16.8. The van der Waals surface area contributed by atoms with Crippen LogP contribution in [0.1, 0.15) is 23.7 Å². The number of oxime groups is 1. The Morgan fingerprint density at radius 2 is 1.92 bits per heavy atom. The summed E-state index contributed by atoms with van der Waals surface area (Å²) < 4.78 is 5.40. The van der Waals surface area contributed by atoms with Crippen molar-refractivity contribution in [3.63, 3.8) is 0 Å². The molecule has 1 unspecified atom stereocenters. The van der Waals surface area contributed by atoms with Crippen LogP contribution < -0.4 is 5.63 Å². The van der Waals surface area contributed by atoms with Crippen molar-refractivity contribution in [1.82, 2.24) is 4.98 Å². The van der Waals surface area contributed by atoms with Crippen molar-refractivity contribution >= 4 is 27.6 Å². The first-order chi connectivity index (χ1) is 12.3. The van der Waals surface area contributed by atoms with E-state index in [1.807, 2.05) is 54.7 Å². The third-order valence-electron chi connectivity index (χ3n) is 4.59. The number of hydrogen-bond acceptors (Lipinski definition) is 4. The van der Waals surface area contributed by atoms with Crippen molar-refractivity contribution in [2.75, 3.05) is 0 Å². The molecule has 0 saturated carbocycles. The van der Waals surface area contributed by atoms with Gasteiger partial charge in [0.15, 0.2) is 6.10 Å². The van der Waals surface area contributed by atoms with Crippen LogP contribution in [0.4, 0.5) is 0 Å². The van der Waals surface area contributed by atoms with Crippen LogP contribution in [0.25, 0.3) is 21.9 Å². The quantitative estimate of drug-likeness (QED) is 0.562. The highest BCUT2D eigenvalue weighted by molar-refractivity contribution is 6.03. The minimum atomic E-state index is -0.388. The van der Waals surface area contributed by atoms with E-state index in [1.165, 1.54) is 0 Å². The number of aromatic nitrogens is 1. The van der Waals surface area contributed by atoms with Crippen LogP contribution >= 0.6 is 0 Å². The van der Waals surface area contributed by atoms with E-state index in [9.17, 15) is 4.79 Å². The van der Waals surface area contributed by atoms with E-state index in [2.05, 4.69) is 10.1 Å². The number of nitrogens with zero attached hydrogens (tertiary/aromatic N) is 1. The van der Waals surface area contributed by atoms with Crippen LogP contribution in [0.15, 0.2) is 75.2 Å². The fraction of sp³-hybridized carbons (Fsp3) is 0.100. The Labute approximate surface area is 142 Å². The summed E-state index contributed by atoms with van der Waals surface area (Å²) in [7, 11) is 0. The van der Waals surface area contributed by atoms with Gasteiger partial charge in [0.2, 0.25) is 0 Å². The number of nitrogens with one attached hydrogen (secondary N) is 1. The van der Waals surface area contributed by atoms with Gasteiger partial charge in [-0.05, 0) is 18.2 Å². The molecule has 4 aromatic rings. The van der Waals surface area contributed by atoms with Crippen molar-refractivity contribution < 1.29 is 9.25 Å². The maximum atomic E-state index is 12.3. The number of H-pyrrole nitrogens is 1. The van der Waals surface area contributed by atoms with Gasteiger partial charge in [-0.25, -0.2) is 4.79 Å². The molecule has 0 spiro atoms. The smallest absolute Gasteiger partial charge is 0.345 e. The normalized spacial score (nSPS) is 17.0. The molecule has 1 aliphatic heterocycles. The van der Waals surface area contributed by atoms with E-state index in [4.69, 9.17) is 9.25 Å². The zero-order valence-corrected chi connectivity index (χ0v) is 13.2. The second-order valence-electron chi connectivity index (χ2n) is 6.11. The van der Waals surface area contributed by atoms with Crippen LogP contribution in [-0.4, -0.2) is 10.7 Å². The molecule has 2 aromatic heterocycles. The lowest BCUT2D eigenvalue weighted by atomic mass is 10.0. The van der Waals surface area contributed by atoms with Gasteiger partial charge in [-0.1, -0.05) is 41.6 Å². The molecule has 0 saturated heterocycles. The van der Waals surface area contributed by atoms with Gasteiger partial charge in [-0.15, -0.1) is 0 Å². The number of aromatic amines is 1. The van der Waals surface area contributed by atoms with E-state index >= 15 is 0 Å². The van der Waals surface area contributed by atoms with Gasteiger partial charge < -0.3 is 14.2 Å². The number of fused-ring (bicyclic) bond motifs is 2. The standard InChI is InChI=1S/C20H14N2O3/c23-20-14(9-12-5-1-4-8-18(12)24-20)17-10-19(25-22-17)15-11-21-16-7-3-2-6-13(15)16/h1-9,11,19,21H,10H2. The average Bonchev–Trinajstić information content (AvgIpc) is 3.28. The van der Waals surface area contributed by atoms with E-state index in [1.54, 1.807) is 6.07 Å². The Balaban J connectivity index is 1.51. The van der Waals surface area contributed by atoms with Crippen molar-refractivity contribution in [2.24, 2.45) is 5.16 Å². The predicted octanol–water partition coefficient (Wildman–Crippen LogP) is 4.14. The highest BCUT2D eigenvalue weighted by Crippen LogP contribution is 2.33. The summed E-state index contributed by atoms with van der Waals surface area (Å²) in [6, 6.07) is 17.3. The minimum absolute atomic E-state index is 0.211. The first-order valence-corrected chi connectivity index (χ1v) is 8.11. The molecule has 5 heteroatoms. The predicted molar refractivity (Wildman–Crippen MR) is 95.8 cm³/mol. The Hall–Kier alpha value is -3.34. The molecule has 1 aliphatic rings. The van der Waals surface area contributed by atoms with Crippen LogP contribution in [0, 0.1) is 0 Å². The van der Waals surface area contributed by atoms with E-state index < -0.39 is 0 Å². The highest BCUT2D eigenvalue weighted by atomic mass is 16.6. The molecule has 3 heterocycles. The van der Waals surface area contributed by atoms with Gasteiger partial charge in [-0.2, -0.15) is 0 Å². The summed E-state index contributed by atoms with van der Waals surface area (Å²) in [5.41, 5.74) is 3.36. The third-order valence-corrected chi connectivity index (χ3v) is 4.59. The average molecular weight is 330 g/mol. The lowest BCUT2D eigenvalue weighted by Gasteiger charge is -2.06. The Morgan fingerprint density at radius 3 is 2.88 bits per heavy atom. The minimum Gasteiger partial charge on any atom is -0.422 e. The van der Waals surface area contributed by atoms with Gasteiger partial charge in [0.25, 0.3) is 0 Å². The second-order valence-corrected chi connectivity index (χ2v) is 6.11. The van der Waals surface area contributed by atoms with Gasteiger partial charge in [0, 0.05) is 34.5 Å². The first-order valence-electron chi connectivity index (χ1n) is 8.11. The maximum absolute atomic E-state index is 12.3. The van der Waals surface area contributed by atoms with Gasteiger partial charge >= 0.3 is 5.63 Å². The summed E-state index contributed by atoms with van der Waals surface area (Å²) in [6.45, 7) is 0. The van der Waals surface area contributed by atoms with Gasteiger partial charge in [0.1, 0.15) is 5.58 Å². The number of hydrogen-bond donors (Lipinski definition) is 1. The molecule has 0 bridgehead atoms. The van der Waals surface area contributed by atoms with E-state index in [0.717, 1.165) is 21.9 Å². The van der Waals surface area contributed by atoms with E-state index in [-0.39, 0.29) is 11.7 Å². The summed E-state index contributed by atoms with van der Waals surface area (Å²) in [5, 5.41) is 6.14. The van der Waals surface area contributed by atoms with Crippen molar-refractivity contribution in [1.29, 1.82) is 0 Å². The van der Waals surface area contributed by atoms with Gasteiger partial charge in [0.05, 0.1) is 11.3 Å². The second kappa shape index (κ2) is 5.34. The number of para-hydroxylation sites is 2. The lowest BCUT2D eigenvalue weighted by molar-refractivity contribution is 0.0868. The summed E-state index contributed by atoms with van der Waals surface area (Å²) in [6.07, 6.45) is 2.26. The molecule has 0 radical (unpaired) electrons. The van der Waals surface area contributed by atoms with Crippen LogP contribution in [-0.2, 0) is 4.84 Å². The lowest BCUT2D eigenvalue weighted by Crippen LogP contribution is -2.13. The molecule has 25 heavy (non-hydrogen) atoms. The molecule has 0 fully saturated rings. The third kappa shape index (κ3) is 2.24. The maximum Gasteiger partial charge on any atom is 0.345 e. The van der Waals surface area contributed by atoms with Crippen molar-refractivity contribution in [3.05, 3.63) is 82.3 Å². The molecule has 2 aromatic carbocycles. The SMILES string of the molecule is O=c1oc2ccccc2cc1C1=NOC(c2c[nH]c3ccccc23)C1. The molecular formula is C20H14N2O3. The monoisotopic (exact) mass is 330 g/mol. The van der Waals surface area contributed by atoms with E-state index in [0.29, 0.717) is 23.3 Å². The van der Waals surface area contributed by atoms with Crippen LogP contribution in [0.5, 0.6) is 0 Å². The highest BCUT2D eigenvalue weighted by Gasteiger charge is 2.28. The Kier molecular flexibility index (Phi) is 3.00. The number of rotatable bonds is 2. The van der Waals surface area contributed by atoms with Crippen LogP contribution in [0.2, 0.25) is 0 Å². The van der Waals surface area contributed by atoms with Crippen molar-refractivity contribution in [2.45, 2.75) is 12.5 Å². The molecule has 5 rings (SSSR count). The molecule has 0 amide bonds. The van der Waals surface area contributed by atoms with Crippen molar-refractivity contribution in [3.8, 4) is 0 Å².